The van der Waals surface area contributed by atoms with Gasteiger partial charge in [-0.2, -0.15) is 4.98 Å². The Morgan fingerprint density at radius 1 is 1.16 bits per heavy atom. The van der Waals surface area contributed by atoms with E-state index >= 15 is 0 Å². The highest BCUT2D eigenvalue weighted by Gasteiger charge is 2.25. The molecule has 6 nitrogen and oxygen atoms in total. The van der Waals surface area contributed by atoms with Crippen LogP contribution in [0.5, 0.6) is 0 Å². The molecule has 5 rings (SSSR count). The van der Waals surface area contributed by atoms with Crippen molar-refractivity contribution in [3.05, 3.63) is 52.8 Å². The van der Waals surface area contributed by atoms with Gasteiger partial charge in [-0.1, -0.05) is 6.07 Å². The van der Waals surface area contributed by atoms with Crippen LogP contribution in [0.2, 0.25) is 0 Å². The second-order valence-electron chi connectivity index (χ2n) is 7.02. The summed E-state index contributed by atoms with van der Waals surface area (Å²) in [6, 6.07) is 6.36. The molecule has 2 aliphatic carbocycles. The number of fused-ring (bicyclic) bond motifs is 1. The molecule has 2 fully saturated rings. The van der Waals surface area contributed by atoms with Gasteiger partial charge in [0, 0.05) is 24.3 Å². The first-order valence-corrected chi connectivity index (χ1v) is 8.86. The van der Waals surface area contributed by atoms with Gasteiger partial charge in [-0.05, 0) is 55.2 Å². The molecule has 0 aliphatic heterocycles. The predicted molar refractivity (Wildman–Crippen MR) is 96.1 cm³/mol. The maximum absolute atomic E-state index is 12.8. The van der Waals surface area contributed by atoms with E-state index in [2.05, 4.69) is 38.5 Å². The summed E-state index contributed by atoms with van der Waals surface area (Å²) in [6.45, 7) is 0.876. The number of aromatic nitrogens is 4. The summed E-state index contributed by atoms with van der Waals surface area (Å²) in [4.78, 5) is 25.5. The van der Waals surface area contributed by atoms with E-state index in [-0.39, 0.29) is 5.69 Å². The van der Waals surface area contributed by atoms with Crippen molar-refractivity contribution in [3.8, 4) is 5.82 Å². The van der Waals surface area contributed by atoms with Gasteiger partial charge in [0.1, 0.15) is 5.82 Å². The zero-order chi connectivity index (χ0) is 16.8. The molecule has 2 saturated carbocycles. The molecule has 2 aliphatic rings. The van der Waals surface area contributed by atoms with E-state index in [1.807, 2.05) is 0 Å². The quantitative estimate of drug-likeness (QED) is 0.777. The van der Waals surface area contributed by atoms with Gasteiger partial charge in [-0.3, -0.25) is 4.98 Å². The lowest BCUT2D eigenvalue weighted by atomic mass is 10.1. The molecule has 3 aromatic rings. The van der Waals surface area contributed by atoms with Crippen molar-refractivity contribution in [1.82, 2.24) is 19.5 Å². The molecule has 6 heteroatoms. The van der Waals surface area contributed by atoms with Crippen molar-refractivity contribution < 1.29 is 0 Å². The molecular weight excluding hydrogens is 314 g/mol. The summed E-state index contributed by atoms with van der Waals surface area (Å²) in [7, 11) is 0. The second-order valence-corrected chi connectivity index (χ2v) is 7.02. The zero-order valence-corrected chi connectivity index (χ0v) is 13.9. The normalized spacial score (nSPS) is 17.0. The molecule has 2 heterocycles. The van der Waals surface area contributed by atoms with E-state index in [1.54, 1.807) is 23.2 Å². The highest BCUT2D eigenvalue weighted by Crippen LogP contribution is 2.41. The average Bonchev–Trinajstić information content (AvgIpc) is 3.54. The second kappa shape index (κ2) is 5.65. The number of anilines is 1. The third-order valence-corrected chi connectivity index (χ3v) is 5.00. The lowest BCUT2D eigenvalue weighted by Crippen LogP contribution is -2.24. The van der Waals surface area contributed by atoms with E-state index in [1.165, 1.54) is 31.2 Å². The molecule has 0 bridgehead atoms. The van der Waals surface area contributed by atoms with Crippen LogP contribution in [-0.4, -0.2) is 26.1 Å². The van der Waals surface area contributed by atoms with E-state index in [4.69, 9.17) is 0 Å². The standard InChI is InChI=1S/C19H19N5O/c25-19-23-18(22-10-12-1-2-12)15-6-5-14(13-3-4-13)9-16(15)24(19)17-11-20-7-8-21-17/h5-9,11-13H,1-4,10H2,(H,22,23,25). The van der Waals surface area contributed by atoms with Gasteiger partial charge < -0.3 is 5.32 Å². The van der Waals surface area contributed by atoms with Gasteiger partial charge >= 0.3 is 5.69 Å². The molecule has 126 valence electrons. The predicted octanol–water partition coefficient (Wildman–Crippen LogP) is 2.88. The Kier molecular flexibility index (Phi) is 3.29. The molecule has 25 heavy (non-hydrogen) atoms. The summed E-state index contributed by atoms with van der Waals surface area (Å²) in [5.41, 5.74) is 1.81. The van der Waals surface area contributed by atoms with Gasteiger partial charge in [0.15, 0.2) is 5.82 Å². The molecule has 1 aromatic carbocycles. The number of hydrogen-bond acceptors (Lipinski definition) is 5. The molecule has 0 amide bonds. The van der Waals surface area contributed by atoms with E-state index in [0.29, 0.717) is 23.5 Å². The van der Waals surface area contributed by atoms with Crippen LogP contribution in [0.4, 0.5) is 5.82 Å². The van der Waals surface area contributed by atoms with Crippen molar-refractivity contribution in [2.45, 2.75) is 31.6 Å². The first kappa shape index (κ1) is 14.6. The SMILES string of the molecule is O=c1nc(NCC2CC2)c2ccc(C3CC3)cc2n1-c1cnccn1. The number of benzene rings is 1. The first-order chi connectivity index (χ1) is 12.3. The molecule has 0 saturated heterocycles. The van der Waals surface area contributed by atoms with Crippen LogP contribution in [0.25, 0.3) is 16.7 Å². The van der Waals surface area contributed by atoms with Crippen LogP contribution in [0.15, 0.2) is 41.6 Å². The minimum Gasteiger partial charge on any atom is -0.369 e. The lowest BCUT2D eigenvalue weighted by Gasteiger charge is -2.14. The van der Waals surface area contributed by atoms with Crippen LogP contribution in [-0.2, 0) is 0 Å². The molecule has 0 atom stereocenters. The highest BCUT2D eigenvalue weighted by atomic mass is 16.1. The van der Waals surface area contributed by atoms with Crippen LogP contribution < -0.4 is 11.0 Å². The van der Waals surface area contributed by atoms with Crippen molar-refractivity contribution in [2.75, 3.05) is 11.9 Å². The van der Waals surface area contributed by atoms with E-state index < -0.39 is 0 Å². The fourth-order valence-electron chi connectivity index (χ4n) is 3.24. The van der Waals surface area contributed by atoms with Gasteiger partial charge in [0.25, 0.3) is 0 Å². The van der Waals surface area contributed by atoms with Gasteiger partial charge in [-0.25, -0.2) is 14.3 Å². The summed E-state index contributed by atoms with van der Waals surface area (Å²) < 4.78 is 1.57. The average molecular weight is 333 g/mol. The zero-order valence-electron chi connectivity index (χ0n) is 13.9. The summed E-state index contributed by atoms with van der Waals surface area (Å²) in [6.07, 6.45) is 9.75. The van der Waals surface area contributed by atoms with Gasteiger partial charge in [-0.15, -0.1) is 0 Å². The first-order valence-electron chi connectivity index (χ1n) is 8.86. The molecule has 0 spiro atoms. The maximum atomic E-state index is 12.8. The number of hydrogen-bond donors (Lipinski definition) is 1. The van der Waals surface area contributed by atoms with Crippen LogP contribution in [0, 0.1) is 5.92 Å². The van der Waals surface area contributed by atoms with E-state index in [0.717, 1.165) is 17.4 Å². The Morgan fingerprint density at radius 2 is 2.04 bits per heavy atom. The fraction of sp³-hybridized carbons (Fsp3) is 0.368. The number of nitrogens with one attached hydrogen (secondary N) is 1. The van der Waals surface area contributed by atoms with Crippen molar-refractivity contribution >= 4 is 16.7 Å². The molecule has 1 N–H and O–H groups in total. The molecular formula is C19H19N5O. The molecule has 0 radical (unpaired) electrons. The third-order valence-electron chi connectivity index (χ3n) is 5.00. The minimum absolute atomic E-state index is 0.320. The van der Waals surface area contributed by atoms with Crippen LogP contribution in [0.1, 0.15) is 37.2 Å². The molecule has 2 aromatic heterocycles. The number of nitrogens with zero attached hydrogens (tertiary/aromatic N) is 4. The Morgan fingerprint density at radius 3 is 2.76 bits per heavy atom. The summed E-state index contributed by atoms with van der Waals surface area (Å²) in [5.74, 6) is 2.51. The van der Waals surface area contributed by atoms with Crippen LogP contribution in [0.3, 0.4) is 0 Å². The Hall–Kier alpha value is -2.76. The van der Waals surface area contributed by atoms with Gasteiger partial charge in [0.2, 0.25) is 0 Å². The third kappa shape index (κ3) is 2.77. The van der Waals surface area contributed by atoms with Gasteiger partial charge in [0.05, 0.1) is 11.7 Å². The Balaban J connectivity index is 1.71. The Labute approximate surface area is 145 Å². The highest BCUT2D eigenvalue weighted by molar-refractivity contribution is 5.90. The monoisotopic (exact) mass is 333 g/mol. The van der Waals surface area contributed by atoms with E-state index in [9.17, 15) is 4.79 Å². The molecule has 0 unspecified atom stereocenters. The fourth-order valence-corrected chi connectivity index (χ4v) is 3.24. The van der Waals surface area contributed by atoms with Crippen molar-refractivity contribution in [3.63, 3.8) is 0 Å². The summed E-state index contributed by atoms with van der Waals surface area (Å²) >= 11 is 0. The van der Waals surface area contributed by atoms with Crippen molar-refractivity contribution in [2.24, 2.45) is 5.92 Å². The lowest BCUT2D eigenvalue weighted by molar-refractivity contribution is 0.867. The Bertz CT molecular complexity index is 990. The minimum atomic E-state index is -0.320. The van der Waals surface area contributed by atoms with Crippen LogP contribution >= 0.6 is 0 Å². The summed E-state index contributed by atoms with van der Waals surface area (Å²) in [5, 5.41) is 4.33. The smallest absolute Gasteiger partial charge is 0.355 e. The largest absolute Gasteiger partial charge is 0.369 e. The topological polar surface area (TPSA) is 72.7 Å². The van der Waals surface area contributed by atoms with Crippen molar-refractivity contribution in [1.29, 1.82) is 0 Å². The number of rotatable bonds is 5. The maximum Gasteiger partial charge on any atom is 0.355 e.